The molecular weight excluding hydrogens is 294 g/mol. The van der Waals surface area contributed by atoms with Gasteiger partial charge in [-0.1, -0.05) is 0 Å². The topological polar surface area (TPSA) is 84.1 Å². The predicted octanol–water partition coefficient (Wildman–Crippen LogP) is 0.350. The fourth-order valence-corrected chi connectivity index (χ4v) is 3.34. The van der Waals surface area contributed by atoms with Gasteiger partial charge in [0, 0.05) is 30.2 Å². The van der Waals surface area contributed by atoms with Crippen molar-refractivity contribution in [1.29, 1.82) is 0 Å². The van der Waals surface area contributed by atoms with Crippen LogP contribution in [0.4, 0.5) is 0 Å². The van der Waals surface area contributed by atoms with E-state index in [-0.39, 0.29) is 12.2 Å². The average Bonchev–Trinajstić information content (AvgIpc) is 2.81. The normalized spacial score (nSPS) is 20.0. The largest absolute Gasteiger partial charge is 0.480 e. The van der Waals surface area contributed by atoms with E-state index in [9.17, 15) is 14.7 Å². The van der Waals surface area contributed by atoms with Gasteiger partial charge in [0.25, 0.3) is 5.56 Å². The molecule has 0 spiro atoms. The zero-order chi connectivity index (χ0) is 15.0. The lowest BCUT2D eigenvalue weighted by Crippen LogP contribution is -2.49. The van der Waals surface area contributed by atoms with Crippen LogP contribution in [0.25, 0.3) is 4.96 Å². The number of thiazole rings is 1. The molecule has 1 aliphatic rings. The van der Waals surface area contributed by atoms with E-state index in [1.165, 1.54) is 17.4 Å². The molecule has 112 valence electrons. The second kappa shape index (κ2) is 5.55. The van der Waals surface area contributed by atoms with Gasteiger partial charge in [-0.25, -0.2) is 4.98 Å². The van der Waals surface area contributed by atoms with Gasteiger partial charge in [0.2, 0.25) is 0 Å². The third kappa shape index (κ3) is 2.69. The minimum Gasteiger partial charge on any atom is -0.480 e. The smallest absolute Gasteiger partial charge is 0.323 e. The van der Waals surface area contributed by atoms with Crippen molar-refractivity contribution in [3.8, 4) is 0 Å². The molecule has 21 heavy (non-hydrogen) atoms. The molecule has 3 heterocycles. The van der Waals surface area contributed by atoms with Crippen LogP contribution in [0, 0.1) is 6.92 Å². The van der Waals surface area contributed by atoms with E-state index in [1.807, 2.05) is 12.3 Å². The second-order valence-electron chi connectivity index (χ2n) is 4.98. The Balaban J connectivity index is 1.90. The van der Waals surface area contributed by atoms with E-state index in [0.717, 1.165) is 5.69 Å². The van der Waals surface area contributed by atoms with Crippen LogP contribution < -0.4 is 5.56 Å². The highest BCUT2D eigenvalue weighted by molar-refractivity contribution is 7.15. The van der Waals surface area contributed by atoms with Crippen LogP contribution in [0.2, 0.25) is 0 Å². The van der Waals surface area contributed by atoms with Crippen molar-refractivity contribution in [2.75, 3.05) is 19.8 Å². The molecule has 1 aliphatic heterocycles. The number of carbonyl (C=O) groups is 1. The molecule has 2 aromatic rings. The number of aryl methyl sites for hydroxylation is 1. The van der Waals surface area contributed by atoms with Crippen LogP contribution in [0.15, 0.2) is 16.2 Å². The fraction of sp³-hybridized carbons (Fsp3) is 0.462. The van der Waals surface area contributed by atoms with E-state index in [4.69, 9.17) is 4.74 Å². The Kier molecular flexibility index (Phi) is 3.75. The zero-order valence-electron chi connectivity index (χ0n) is 11.5. The van der Waals surface area contributed by atoms with Crippen LogP contribution in [0.5, 0.6) is 0 Å². The molecule has 0 bridgehead atoms. The molecule has 0 radical (unpaired) electrons. The maximum Gasteiger partial charge on any atom is 0.323 e. The molecule has 8 heteroatoms. The summed E-state index contributed by atoms with van der Waals surface area (Å²) in [5.74, 6) is -0.917. The van der Waals surface area contributed by atoms with Gasteiger partial charge in [0.1, 0.15) is 6.04 Å². The summed E-state index contributed by atoms with van der Waals surface area (Å²) in [7, 11) is 0. The number of morpholine rings is 1. The zero-order valence-corrected chi connectivity index (χ0v) is 12.3. The average molecular weight is 309 g/mol. The number of fused-ring (bicyclic) bond motifs is 1. The molecule has 1 N–H and O–H groups in total. The summed E-state index contributed by atoms with van der Waals surface area (Å²) in [4.78, 5) is 30.2. The molecule has 2 aromatic heterocycles. The first-order valence-corrected chi connectivity index (χ1v) is 7.45. The minimum atomic E-state index is -0.917. The van der Waals surface area contributed by atoms with Crippen LogP contribution in [0.1, 0.15) is 11.4 Å². The fourth-order valence-electron chi connectivity index (χ4n) is 2.44. The van der Waals surface area contributed by atoms with Crippen LogP contribution in [-0.4, -0.2) is 51.2 Å². The van der Waals surface area contributed by atoms with E-state index >= 15 is 0 Å². The van der Waals surface area contributed by atoms with Crippen molar-refractivity contribution in [3.63, 3.8) is 0 Å². The lowest BCUT2D eigenvalue weighted by atomic mass is 10.2. The van der Waals surface area contributed by atoms with Crippen molar-refractivity contribution in [2.24, 2.45) is 0 Å². The predicted molar refractivity (Wildman–Crippen MR) is 76.7 cm³/mol. The van der Waals surface area contributed by atoms with Crippen molar-refractivity contribution in [1.82, 2.24) is 14.3 Å². The van der Waals surface area contributed by atoms with Gasteiger partial charge in [-0.05, 0) is 6.92 Å². The highest BCUT2D eigenvalue weighted by Crippen LogP contribution is 2.14. The summed E-state index contributed by atoms with van der Waals surface area (Å²) in [6.45, 7) is 3.36. The lowest BCUT2D eigenvalue weighted by Gasteiger charge is -2.32. The Morgan fingerprint density at radius 3 is 3.19 bits per heavy atom. The molecule has 1 atom stereocenters. The Hall–Kier alpha value is -1.77. The van der Waals surface area contributed by atoms with Crippen LogP contribution in [-0.2, 0) is 16.1 Å². The number of aliphatic carboxylic acids is 1. The van der Waals surface area contributed by atoms with Crippen molar-refractivity contribution in [2.45, 2.75) is 19.5 Å². The number of ether oxygens (including phenoxy) is 1. The monoisotopic (exact) mass is 309 g/mol. The highest BCUT2D eigenvalue weighted by atomic mass is 32.1. The number of carboxylic acid groups (broad SMARTS) is 1. The van der Waals surface area contributed by atoms with Gasteiger partial charge >= 0.3 is 5.97 Å². The van der Waals surface area contributed by atoms with E-state index in [2.05, 4.69) is 4.98 Å². The van der Waals surface area contributed by atoms with E-state index in [1.54, 1.807) is 9.30 Å². The summed E-state index contributed by atoms with van der Waals surface area (Å²) < 4.78 is 6.76. The van der Waals surface area contributed by atoms with Crippen molar-refractivity contribution < 1.29 is 14.6 Å². The van der Waals surface area contributed by atoms with Gasteiger partial charge in [-0.3, -0.25) is 18.9 Å². The SMILES string of the molecule is Cc1csc2nc(CN3CCOCC3C(=O)O)cc(=O)n12. The van der Waals surface area contributed by atoms with Crippen LogP contribution >= 0.6 is 11.3 Å². The maximum absolute atomic E-state index is 12.1. The van der Waals surface area contributed by atoms with Crippen molar-refractivity contribution >= 4 is 22.3 Å². The Bertz CT molecular complexity index is 739. The molecule has 1 fully saturated rings. The number of carboxylic acids is 1. The van der Waals surface area contributed by atoms with Gasteiger partial charge in [0.05, 0.1) is 18.9 Å². The minimum absolute atomic E-state index is 0.131. The van der Waals surface area contributed by atoms with E-state index < -0.39 is 12.0 Å². The molecule has 0 aliphatic carbocycles. The molecule has 3 rings (SSSR count). The summed E-state index contributed by atoms with van der Waals surface area (Å²) in [6.07, 6.45) is 0. The summed E-state index contributed by atoms with van der Waals surface area (Å²) >= 11 is 1.40. The number of rotatable bonds is 3. The Morgan fingerprint density at radius 1 is 1.62 bits per heavy atom. The molecule has 0 saturated carbocycles. The maximum atomic E-state index is 12.1. The first-order chi connectivity index (χ1) is 10.1. The van der Waals surface area contributed by atoms with Gasteiger partial charge < -0.3 is 9.84 Å². The number of hydrogen-bond donors (Lipinski definition) is 1. The molecule has 0 aromatic carbocycles. The summed E-state index contributed by atoms with van der Waals surface area (Å²) in [6, 6.07) is 0.783. The number of hydrogen-bond acceptors (Lipinski definition) is 6. The standard InChI is InChI=1S/C13H15N3O4S/c1-8-7-21-13-14-9(4-11(17)16(8)13)5-15-2-3-20-6-10(15)12(18)19/h4,7,10H,2-3,5-6H2,1H3,(H,18,19). The Labute approximate surface area is 124 Å². The summed E-state index contributed by atoms with van der Waals surface area (Å²) in [5.41, 5.74) is 1.32. The summed E-state index contributed by atoms with van der Waals surface area (Å²) in [5, 5.41) is 11.1. The Morgan fingerprint density at radius 2 is 2.43 bits per heavy atom. The molecule has 1 saturated heterocycles. The third-order valence-electron chi connectivity index (χ3n) is 3.52. The quantitative estimate of drug-likeness (QED) is 0.881. The molecule has 0 amide bonds. The van der Waals surface area contributed by atoms with Gasteiger partial charge in [0.15, 0.2) is 4.96 Å². The number of nitrogens with zero attached hydrogens (tertiary/aromatic N) is 3. The lowest BCUT2D eigenvalue weighted by molar-refractivity contribution is -0.150. The second-order valence-corrected chi connectivity index (χ2v) is 5.82. The third-order valence-corrected chi connectivity index (χ3v) is 4.46. The first-order valence-electron chi connectivity index (χ1n) is 6.57. The van der Waals surface area contributed by atoms with Crippen molar-refractivity contribution in [3.05, 3.63) is 33.2 Å². The van der Waals surface area contributed by atoms with Crippen LogP contribution in [0.3, 0.4) is 0 Å². The number of aromatic nitrogens is 2. The van der Waals surface area contributed by atoms with Gasteiger partial charge in [-0.15, -0.1) is 11.3 Å². The van der Waals surface area contributed by atoms with Gasteiger partial charge in [-0.2, -0.15) is 0 Å². The molecule has 1 unspecified atom stereocenters. The highest BCUT2D eigenvalue weighted by Gasteiger charge is 2.29. The first kappa shape index (κ1) is 14.2. The molecular formula is C13H15N3O4S. The molecule has 7 nitrogen and oxygen atoms in total. The van der Waals surface area contributed by atoms with E-state index in [0.29, 0.717) is 30.4 Å².